The molecule has 2 nitrogen and oxygen atoms in total. The van der Waals surface area contributed by atoms with Crippen LogP contribution in [0.4, 0.5) is 22.7 Å². The molecule has 0 amide bonds. The third kappa shape index (κ3) is 6.27. The molecule has 0 aromatic heterocycles. The third-order valence-corrected chi connectivity index (χ3v) is 10.1. The van der Waals surface area contributed by atoms with Gasteiger partial charge in [0.2, 0.25) is 0 Å². The van der Waals surface area contributed by atoms with Gasteiger partial charge in [-0.15, -0.1) is 0 Å². The average molecular weight is 667 g/mol. The summed E-state index contributed by atoms with van der Waals surface area (Å²) >= 11 is 0. The van der Waals surface area contributed by atoms with Crippen molar-refractivity contribution in [1.29, 1.82) is 0 Å². The number of rotatable bonds is 4. The van der Waals surface area contributed by atoms with Crippen LogP contribution < -0.4 is 9.80 Å². The van der Waals surface area contributed by atoms with Crippen LogP contribution >= 0.6 is 0 Å². The molecule has 1 aliphatic rings. The van der Waals surface area contributed by atoms with Crippen LogP contribution in [0.2, 0.25) is 0 Å². The highest BCUT2D eigenvalue weighted by Gasteiger charge is 2.20. The lowest BCUT2D eigenvalue weighted by atomic mass is 9.96. The van der Waals surface area contributed by atoms with Gasteiger partial charge in [-0.25, -0.2) is 0 Å². The molecular formula is C50H38N2. The molecule has 8 aromatic carbocycles. The first kappa shape index (κ1) is 31.3. The summed E-state index contributed by atoms with van der Waals surface area (Å²) in [4.78, 5) is 4.93. The summed E-state index contributed by atoms with van der Waals surface area (Å²) < 4.78 is 0. The van der Waals surface area contributed by atoms with Crippen LogP contribution in [-0.4, -0.2) is 0 Å². The van der Waals surface area contributed by atoms with Crippen molar-refractivity contribution >= 4 is 22.7 Å². The van der Waals surface area contributed by atoms with E-state index in [1.807, 2.05) is 0 Å². The minimum atomic E-state index is 0.724. The topological polar surface area (TPSA) is 6.48 Å². The second-order valence-corrected chi connectivity index (χ2v) is 13.4. The molecule has 0 fully saturated rings. The van der Waals surface area contributed by atoms with Crippen LogP contribution in [0.1, 0.15) is 11.1 Å². The first-order chi connectivity index (χ1) is 25.8. The van der Waals surface area contributed by atoms with Crippen LogP contribution in [0.5, 0.6) is 0 Å². The first-order valence-corrected chi connectivity index (χ1v) is 18.0. The van der Waals surface area contributed by atoms with Crippen LogP contribution in [0.25, 0.3) is 44.5 Å². The summed E-state index contributed by atoms with van der Waals surface area (Å²) in [5.41, 5.74) is 16.9. The van der Waals surface area contributed by atoms with Crippen molar-refractivity contribution in [2.24, 2.45) is 0 Å². The number of benzene rings is 8. The van der Waals surface area contributed by atoms with E-state index in [4.69, 9.17) is 0 Å². The van der Waals surface area contributed by atoms with Crippen molar-refractivity contribution in [2.45, 2.75) is 13.1 Å². The van der Waals surface area contributed by atoms with Crippen LogP contribution in [0.3, 0.4) is 0 Å². The number of para-hydroxylation sites is 2. The van der Waals surface area contributed by atoms with E-state index < -0.39 is 0 Å². The Balaban J connectivity index is 1.19. The molecule has 0 N–H and O–H groups in total. The summed E-state index contributed by atoms with van der Waals surface area (Å²) in [5, 5.41) is 0. The smallest absolute Gasteiger partial charge is 0.0493 e. The Morgan fingerprint density at radius 3 is 1.04 bits per heavy atom. The van der Waals surface area contributed by atoms with Crippen molar-refractivity contribution in [3.63, 3.8) is 0 Å². The van der Waals surface area contributed by atoms with Crippen LogP contribution in [-0.2, 0) is 13.1 Å². The molecule has 248 valence electrons. The molecule has 1 aliphatic heterocycles. The van der Waals surface area contributed by atoms with Gasteiger partial charge in [0.05, 0.1) is 0 Å². The van der Waals surface area contributed by atoms with Gasteiger partial charge in [0.15, 0.2) is 0 Å². The van der Waals surface area contributed by atoms with E-state index in [1.165, 1.54) is 67.0 Å². The van der Waals surface area contributed by atoms with E-state index in [9.17, 15) is 0 Å². The summed E-state index contributed by atoms with van der Waals surface area (Å²) in [5.74, 6) is 0. The fourth-order valence-electron chi connectivity index (χ4n) is 7.51. The Morgan fingerprint density at radius 1 is 0.269 bits per heavy atom. The Bertz CT molecular complexity index is 2270. The highest BCUT2D eigenvalue weighted by Crippen LogP contribution is 2.41. The van der Waals surface area contributed by atoms with Crippen molar-refractivity contribution < 1.29 is 0 Å². The lowest BCUT2D eigenvalue weighted by molar-refractivity contribution is 0.969. The van der Waals surface area contributed by atoms with Gasteiger partial charge >= 0.3 is 0 Å². The fourth-order valence-corrected chi connectivity index (χ4v) is 7.51. The SMILES string of the molecule is c1ccc(-c2ccc(N3Cc4cccc(c4)-c4ccccc4N(c4ccc(-c5ccccc5)cc4)Cc4cccc(c4)-c4ccccc43)cc2)cc1. The monoisotopic (exact) mass is 666 g/mol. The highest BCUT2D eigenvalue weighted by atomic mass is 15.1. The average Bonchev–Trinajstić information content (AvgIpc) is 3.23. The maximum atomic E-state index is 2.47. The predicted octanol–water partition coefficient (Wildman–Crippen LogP) is 13.3. The Labute approximate surface area is 306 Å². The fraction of sp³-hybridized carbons (Fsp3) is 0.0400. The highest BCUT2D eigenvalue weighted by molar-refractivity contribution is 5.86. The zero-order valence-corrected chi connectivity index (χ0v) is 28.9. The Morgan fingerprint density at radius 2 is 0.615 bits per heavy atom. The van der Waals surface area contributed by atoms with Crippen LogP contribution in [0.15, 0.2) is 206 Å². The van der Waals surface area contributed by atoms with Crippen molar-refractivity contribution in [3.05, 3.63) is 217 Å². The van der Waals surface area contributed by atoms with Gasteiger partial charge in [-0.1, -0.05) is 158 Å². The molecule has 2 heteroatoms. The number of hydrogen-bond donors (Lipinski definition) is 0. The summed E-state index contributed by atoms with van der Waals surface area (Å²) in [6.07, 6.45) is 0. The zero-order valence-electron chi connectivity index (χ0n) is 28.9. The van der Waals surface area contributed by atoms with Gasteiger partial charge in [0.1, 0.15) is 0 Å². The molecule has 0 aliphatic carbocycles. The first-order valence-electron chi connectivity index (χ1n) is 18.0. The van der Waals surface area contributed by atoms with Crippen molar-refractivity contribution in [2.75, 3.05) is 9.80 Å². The number of fused-ring (bicyclic) bond motifs is 8. The molecule has 0 atom stereocenters. The van der Waals surface area contributed by atoms with E-state index in [0.717, 1.165) is 24.5 Å². The van der Waals surface area contributed by atoms with Gasteiger partial charge in [-0.05, 0) is 93.0 Å². The number of anilines is 4. The quantitative estimate of drug-likeness (QED) is 0.184. The van der Waals surface area contributed by atoms with Gasteiger partial charge in [0.25, 0.3) is 0 Å². The Hall–Kier alpha value is -6.64. The third-order valence-electron chi connectivity index (χ3n) is 10.1. The molecule has 1 heterocycles. The van der Waals surface area contributed by atoms with E-state index in [2.05, 4.69) is 216 Å². The largest absolute Gasteiger partial charge is 0.336 e. The second-order valence-electron chi connectivity index (χ2n) is 13.4. The number of hydrogen-bond acceptors (Lipinski definition) is 2. The van der Waals surface area contributed by atoms with Gasteiger partial charge in [-0.2, -0.15) is 0 Å². The lowest BCUT2D eigenvalue weighted by Gasteiger charge is -2.30. The van der Waals surface area contributed by atoms with E-state index in [0.29, 0.717) is 0 Å². The number of nitrogens with zero attached hydrogens (tertiary/aromatic N) is 2. The van der Waals surface area contributed by atoms with Gasteiger partial charge < -0.3 is 9.80 Å². The van der Waals surface area contributed by atoms with E-state index in [1.54, 1.807) is 0 Å². The molecule has 0 saturated heterocycles. The molecule has 0 unspecified atom stereocenters. The molecule has 9 rings (SSSR count). The summed E-state index contributed by atoms with van der Waals surface area (Å²) in [7, 11) is 0. The molecule has 52 heavy (non-hydrogen) atoms. The zero-order chi connectivity index (χ0) is 34.7. The normalized spacial score (nSPS) is 12.4. The van der Waals surface area contributed by atoms with E-state index >= 15 is 0 Å². The molecule has 0 radical (unpaired) electrons. The molecule has 8 aromatic rings. The van der Waals surface area contributed by atoms with Crippen LogP contribution in [0, 0.1) is 0 Å². The Kier molecular flexibility index (Phi) is 8.40. The summed E-state index contributed by atoms with van der Waals surface area (Å²) in [6, 6.07) is 75.1. The van der Waals surface area contributed by atoms with E-state index in [-0.39, 0.29) is 0 Å². The molecule has 0 spiro atoms. The predicted molar refractivity (Wildman–Crippen MR) is 219 cm³/mol. The second kappa shape index (κ2) is 13.9. The maximum Gasteiger partial charge on any atom is 0.0493 e. The van der Waals surface area contributed by atoms with Crippen molar-refractivity contribution in [1.82, 2.24) is 0 Å². The van der Waals surface area contributed by atoms with Crippen molar-refractivity contribution in [3.8, 4) is 44.5 Å². The molecular weight excluding hydrogens is 629 g/mol. The maximum absolute atomic E-state index is 2.47. The minimum absolute atomic E-state index is 0.724. The van der Waals surface area contributed by atoms with Gasteiger partial charge in [0, 0.05) is 47.0 Å². The lowest BCUT2D eigenvalue weighted by Crippen LogP contribution is -2.19. The molecule has 0 saturated carbocycles. The molecule has 4 bridgehead atoms. The summed E-state index contributed by atoms with van der Waals surface area (Å²) in [6.45, 7) is 1.45. The minimum Gasteiger partial charge on any atom is -0.336 e. The standard InChI is InChI=1S/C50H38N2/c1-3-15-39(16-4-1)41-25-29-45(30-26-41)51-35-37-13-11-20-44(33-37)48-22-8-10-24-50(48)52(46-31-27-42(28-32-46)40-17-5-2-6-18-40)36-38-14-12-19-43(34-38)47-21-7-9-23-49(47)51/h1-34H,35-36H2. The van der Waals surface area contributed by atoms with Gasteiger partial charge in [-0.3, -0.25) is 0 Å².